The average Bonchev–Trinajstić information content (AvgIpc) is 2.27. The highest BCUT2D eigenvalue weighted by molar-refractivity contribution is 5.39. The lowest BCUT2D eigenvalue weighted by Crippen LogP contribution is -2.33. The molecule has 3 nitrogen and oxygen atoms in total. The van der Waals surface area contributed by atoms with Crippen molar-refractivity contribution in [2.24, 2.45) is 11.7 Å². The van der Waals surface area contributed by atoms with Crippen LogP contribution < -0.4 is 10.6 Å². The van der Waals surface area contributed by atoms with E-state index in [0.29, 0.717) is 24.8 Å². The van der Waals surface area contributed by atoms with Gasteiger partial charge in [0.2, 0.25) is 0 Å². The first-order valence-corrected chi connectivity index (χ1v) is 5.83. The van der Waals surface area contributed by atoms with Crippen molar-refractivity contribution >= 4 is 5.82 Å². The summed E-state index contributed by atoms with van der Waals surface area (Å²) in [6, 6.07) is 2.44. The molecule has 1 heterocycles. The van der Waals surface area contributed by atoms with Gasteiger partial charge in [-0.3, -0.25) is 0 Å². The van der Waals surface area contributed by atoms with Gasteiger partial charge in [0.25, 0.3) is 0 Å². The fourth-order valence-corrected chi connectivity index (χ4v) is 1.64. The van der Waals surface area contributed by atoms with Gasteiger partial charge in [-0.15, -0.1) is 0 Å². The second-order valence-electron chi connectivity index (χ2n) is 4.53. The lowest BCUT2D eigenvalue weighted by molar-refractivity contribution is -0.137. The molecule has 0 bridgehead atoms. The van der Waals surface area contributed by atoms with Crippen LogP contribution in [-0.4, -0.2) is 24.6 Å². The molecule has 0 unspecified atom stereocenters. The highest BCUT2D eigenvalue weighted by Crippen LogP contribution is 2.29. The van der Waals surface area contributed by atoms with Crippen LogP contribution in [0.1, 0.15) is 19.4 Å². The molecule has 0 saturated carbocycles. The van der Waals surface area contributed by atoms with Crippen LogP contribution >= 0.6 is 0 Å². The number of alkyl halides is 3. The van der Waals surface area contributed by atoms with Crippen molar-refractivity contribution in [1.82, 2.24) is 4.98 Å². The molecule has 1 rings (SSSR count). The largest absolute Gasteiger partial charge is 0.417 e. The van der Waals surface area contributed by atoms with E-state index in [1.807, 2.05) is 18.7 Å². The Kier molecular flexibility index (Phi) is 4.95. The second kappa shape index (κ2) is 6.04. The van der Waals surface area contributed by atoms with Crippen LogP contribution in [0.2, 0.25) is 0 Å². The lowest BCUT2D eigenvalue weighted by Gasteiger charge is -2.25. The predicted octanol–water partition coefficient (Wildman–Crippen LogP) is 2.52. The minimum atomic E-state index is -4.34. The van der Waals surface area contributed by atoms with Gasteiger partial charge in [0.1, 0.15) is 5.82 Å². The summed E-state index contributed by atoms with van der Waals surface area (Å²) >= 11 is 0. The maximum Gasteiger partial charge on any atom is 0.417 e. The topological polar surface area (TPSA) is 42.1 Å². The predicted molar refractivity (Wildman–Crippen MR) is 65.3 cm³/mol. The van der Waals surface area contributed by atoms with E-state index in [9.17, 15) is 13.2 Å². The molecule has 1 aromatic heterocycles. The Morgan fingerprint density at radius 1 is 1.33 bits per heavy atom. The highest BCUT2D eigenvalue weighted by atomic mass is 19.4. The molecule has 0 fully saturated rings. The molecule has 0 aliphatic heterocycles. The quantitative estimate of drug-likeness (QED) is 0.885. The molecule has 0 atom stereocenters. The number of hydrogen-bond donors (Lipinski definition) is 1. The molecular weight excluding hydrogens is 243 g/mol. The molecule has 0 radical (unpaired) electrons. The Balaban J connectivity index is 2.86. The van der Waals surface area contributed by atoms with E-state index in [4.69, 9.17) is 5.73 Å². The Morgan fingerprint density at radius 2 is 2.00 bits per heavy atom. The molecule has 102 valence electrons. The zero-order valence-corrected chi connectivity index (χ0v) is 10.5. The van der Waals surface area contributed by atoms with E-state index in [1.54, 1.807) is 0 Å². The number of halogens is 3. The molecule has 0 aromatic carbocycles. The summed E-state index contributed by atoms with van der Waals surface area (Å²) in [4.78, 5) is 5.76. The van der Waals surface area contributed by atoms with Crippen LogP contribution in [0.25, 0.3) is 0 Å². The van der Waals surface area contributed by atoms with Crippen molar-refractivity contribution in [3.05, 3.63) is 23.9 Å². The van der Waals surface area contributed by atoms with Gasteiger partial charge >= 0.3 is 6.18 Å². The molecule has 0 amide bonds. The number of hydrogen-bond acceptors (Lipinski definition) is 3. The van der Waals surface area contributed by atoms with Gasteiger partial charge < -0.3 is 10.6 Å². The molecule has 0 spiro atoms. The molecule has 0 aliphatic carbocycles. The number of nitrogens with zero attached hydrogens (tertiary/aromatic N) is 2. The Hall–Kier alpha value is -1.30. The Labute approximate surface area is 105 Å². The fourth-order valence-electron chi connectivity index (χ4n) is 1.64. The van der Waals surface area contributed by atoms with E-state index in [1.165, 1.54) is 6.07 Å². The van der Waals surface area contributed by atoms with E-state index in [2.05, 4.69) is 4.98 Å². The van der Waals surface area contributed by atoms with Gasteiger partial charge in [0.15, 0.2) is 0 Å². The fraction of sp³-hybridized carbons (Fsp3) is 0.583. The van der Waals surface area contributed by atoms with Crippen LogP contribution in [0, 0.1) is 5.92 Å². The van der Waals surface area contributed by atoms with Gasteiger partial charge in [-0.1, -0.05) is 13.8 Å². The number of rotatable bonds is 5. The third-order valence-electron chi connectivity index (χ3n) is 2.38. The number of nitrogens with two attached hydrogens (primary N) is 1. The first-order chi connectivity index (χ1) is 8.34. The zero-order valence-electron chi connectivity index (χ0n) is 10.5. The summed E-state index contributed by atoms with van der Waals surface area (Å²) in [5.41, 5.74) is 4.76. The SMILES string of the molecule is CC(C)CN(CCN)c1ccc(C(F)(F)F)cn1. The van der Waals surface area contributed by atoms with Crippen LogP contribution in [0.4, 0.5) is 19.0 Å². The average molecular weight is 261 g/mol. The maximum atomic E-state index is 12.4. The number of pyridine rings is 1. The van der Waals surface area contributed by atoms with Gasteiger partial charge in [-0.25, -0.2) is 4.98 Å². The second-order valence-corrected chi connectivity index (χ2v) is 4.53. The smallest absolute Gasteiger partial charge is 0.355 e. The van der Waals surface area contributed by atoms with Gasteiger partial charge in [0.05, 0.1) is 5.56 Å². The lowest BCUT2D eigenvalue weighted by atomic mass is 10.2. The van der Waals surface area contributed by atoms with Gasteiger partial charge in [0, 0.05) is 25.8 Å². The van der Waals surface area contributed by atoms with Crippen LogP contribution in [0.3, 0.4) is 0 Å². The Morgan fingerprint density at radius 3 is 2.39 bits per heavy atom. The van der Waals surface area contributed by atoms with Crippen molar-refractivity contribution in [1.29, 1.82) is 0 Å². The summed E-state index contributed by atoms with van der Waals surface area (Å²) in [5, 5.41) is 0. The monoisotopic (exact) mass is 261 g/mol. The summed E-state index contributed by atoms with van der Waals surface area (Å²) < 4.78 is 37.2. The van der Waals surface area contributed by atoms with Gasteiger partial charge in [-0.05, 0) is 18.1 Å². The third-order valence-corrected chi connectivity index (χ3v) is 2.38. The molecule has 2 N–H and O–H groups in total. The first kappa shape index (κ1) is 14.8. The molecule has 0 aliphatic rings. The van der Waals surface area contributed by atoms with Crippen molar-refractivity contribution in [3.8, 4) is 0 Å². The minimum Gasteiger partial charge on any atom is -0.355 e. The van der Waals surface area contributed by atoms with Crippen molar-refractivity contribution in [3.63, 3.8) is 0 Å². The summed E-state index contributed by atoms with van der Waals surface area (Å²) in [5.74, 6) is 0.919. The summed E-state index contributed by atoms with van der Waals surface area (Å²) in [6.07, 6.45) is -3.48. The first-order valence-electron chi connectivity index (χ1n) is 5.83. The normalized spacial score (nSPS) is 11.9. The van der Waals surface area contributed by atoms with Crippen LogP contribution in [-0.2, 0) is 6.18 Å². The van der Waals surface area contributed by atoms with Crippen LogP contribution in [0.5, 0.6) is 0 Å². The molecule has 18 heavy (non-hydrogen) atoms. The number of aromatic nitrogens is 1. The van der Waals surface area contributed by atoms with E-state index >= 15 is 0 Å². The van der Waals surface area contributed by atoms with Crippen molar-refractivity contribution in [2.75, 3.05) is 24.5 Å². The third kappa shape index (κ3) is 4.18. The Bertz CT molecular complexity index is 360. The number of anilines is 1. The maximum absolute atomic E-state index is 12.4. The van der Waals surface area contributed by atoms with Crippen molar-refractivity contribution < 1.29 is 13.2 Å². The molecule has 6 heteroatoms. The summed E-state index contributed by atoms with van der Waals surface area (Å²) in [6.45, 7) is 5.81. The van der Waals surface area contributed by atoms with Gasteiger partial charge in [-0.2, -0.15) is 13.2 Å². The molecule has 0 saturated heterocycles. The van der Waals surface area contributed by atoms with Crippen LogP contribution in [0.15, 0.2) is 18.3 Å². The molecule has 1 aromatic rings. The van der Waals surface area contributed by atoms with E-state index < -0.39 is 11.7 Å². The van der Waals surface area contributed by atoms with E-state index in [-0.39, 0.29) is 0 Å². The standard InChI is InChI=1S/C12H18F3N3/c1-9(2)8-18(6-5-16)11-4-3-10(7-17-11)12(13,14)15/h3-4,7,9H,5-6,8,16H2,1-2H3. The zero-order chi connectivity index (χ0) is 13.8. The highest BCUT2D eigenvalue weighted by Gasteiger charge is 2.30. The van der Waals surface area contributed by atoms with Crippen molar-refractivity contribution in [2.45, 2.75) is 20.0 Å². The summed E-state index contributed by atoms with van der Waals surface area (Å²) in [7, 11) is 0. The molecular formula is C12H18F3N3. The van der Waals surface area contributed by atoms with E-state index in [0.717, 1.165) is 18.8 Å². The minimum absolute atomic E-state index is 0.389.